The first-order valence-electron chi connectivity index (χ1n) is 9.39. The van der Waals surface area contributed by atoms with Gasteiger partial charge >= 0.3 is 0 Å². The molecule has 1 aliphatic rings. The molecule has 6 nitrogen and oxygen atoms in total. The third-order valence-electron chi connectivity index (χ3n) is 5.13. The van der Waals surface area contributed by atoms with Crippen LogP contribution in [0.3, 0.4) is 0 Å². The Morgan fingerprint density at radius 1 is 1.15 bits per heavy atom. The van der Waals surface area contributed by atoms with Crippen molar-refractivity contribution >= 4 is 17.3 Å². The number of methoxy groups -OCH3 is 1. The van der Waals surface area contributed by atoms with Crippen molar-refractivity contribution in [3.63, 3.8) is 0 Å². The molecule has 3 rings (SSSR count). The number of hydrogen-bond donors (Lipinski definition) is 1. The molecule has 0 bridgehead atoms. The number of piperazine rings is 1. The van der Waals surface area contributed by atoms with E-state index in [1.165, 1.54) is 16.8 Å². The first-order chi connectivity index (χ1) is 13.1. The van der Waals surface area contributed by atoms with Crippen molar-refractivity contribution in [3.8, 4) is 0 Å². The van der Waals surface area contributed by atoms with Crippen molar-refractivity contribution in [2.45, 2.75) is 13.8 Å². The van der Waals surface area contributed by atoms with E-state index in [4.69, 9.17) is 4.74 Å². The van der Waals surface area contributed by atoms with E-state index in [9.17, 15) is 4.79 Å². The number of pyridine rings is 1. The Balaban J connectivity index is 1.63. The number of ether oxygens (including phenoxy) is 1. The summed E-state index contributed by atoms with van der Waals surface area (Å²) < 4.78 is 4.96. The lowest BCUT2D eigenvalue weighted by atomic mass is 10.1. The van der Waals surface area contributed by atoms with Gasteiger partial charge in [0.1, 0.15) is 5.69 Å². The number of nitrogens with zero attached hydrogens (tertiary/aromatic N) is 3. The van der Waals surface area contributed by atoms with Crippen LogP contribution in [0.5, 0.6) is 0 Å². The van der Waals surface area contributed by atoms with E-state index in [2.05, 4.69) is 52.1 Å². The second-order valence-electron chi connectivity index (χ2n) is 6.84. The monoisotopic (exact) mass is 368 g/mol. The normalized spacial score (nSPS) is 14.3. The van der Waals surface area contributed by atoms with Crippen molar-refractivity contribution in [3.05, 3.63) is 53.3 Å². The Bertz CT molecular complexity index is 786. The van der Waals surface area contributed by atoms with E-state index in [0.29, 0.717) is 18.8 Å². The molecule has 2 heterocycles. The molecular formula is C21H28N4O2. The van der Waals surface area contributed by atoms with E-state index < -0.39 is 0 Å². The molecule has 1 aliphatic heterocycles. The van der Waals surface area contributed by atoms with E-state index in [0.717, 1.165) is 31.9 Å². The summed E-state index contributed by atoms with van der Waals surface area (Å²) in [4.78, 5) is 21.2. The van der Waals surface area contributed by atoms with Crippen molar-refractivity contribution in [2.24, 2.45) is 0 Å². The zero-order valence-corrected chi connectivity index (χ0v) is 16.4. The SMILES string of the molecule is COCCNC(=O)c1cc(N2CCN(c3cccc(C)c3C)CC2)ccn1. The predicted octanol–water partition coefficient (Wildman–Crippen LogP) is 2.40. The van der Waals surface area contributed by atoms with Gasteiger partial charge in [0.05, 0.1) is 6.61 Å². The van der Waals surface area contributed by atoms with Gasteiger partial charge in [-0.3, -0.25) is 9.78 Å². The largest absolute Gasteiger partial charge is 0.383 e. The molecule has 1 aromatic carbocycles. The molecule has 6 heteroatoms. The van der Waals surface area contributed by atoms with Gasteiger partial charge in [0, 0.05) is 57.4 Å². The molecule has 1 saturated heterocycles. The Labute approximate surface area is 161 Å². The smallest absolute Gasteiger partial charge is 0.270 e. The number of aryl methyl sites for hydroxylation is 1. The minimum Gasteiger partial charge on any atom is -0.383 e. The number of carbonyl (C=O) groups excluding carboxylic acids is 1. The van der Waals surface area contributed by atoms with Crippen molar-refractivity contribution in [1.82, 2.24) is 10.3 Å². The van der Waals surface area contributed by atoms with E-state index in [1.807, 2.05) is 12.1 Å². The average Bonchev–Trinajstić information content (AvgIpc) is 2.70. The van der Waals surface area contributed by atoms with Crippen LogP contribution in [0.1, 0.15) is 21.6 Å². The summed E-state index contributed by atoms with van der Waals surface area (Å²) in [6.07, 6.45) is 1.71. The maximum atomic E-state index is 12.2. The fourth-order valence-electron chi connectivity index (χ4n) is 3.38. The van der Waals surface area contributed by atoms with Crippen molar-refractivity contribution in [1.29, 1.82) is 0 Å². The first kappa shape index (κ1) is 19.2. The van der Waals surface area contributed by atoms with Crippen LogP contribution in [0.2, 0.25) is 0 Å². The number of anilines is 2. The Kier molecular flexibility index (Phi) is 6.29. The number of rotatable bonds is 6. The molecule has 0 radical (unpaired) electrons. The van der Waals surface area contributed by atoms with Crippen LogP contribution in [0, 0.1) is 13.8 Å². The third-order valence-corrected chi connectivity index (χ3v) is 5.13. The van der Waals surface area contributed by atoms with E-state index >= 15 is 0 Å². The summed E-state index contributed by atoms with van der Waals surface area (Å²) in [5.41, 5.74) is 5.49. The van der Waals surface area contributed by atoms with Crippen LogP contribution in [-0.4, -0.2) is 57.3 Å². The molecular weight excluding hydrogens is 340 g/mol. The summed E-state index contributed by atoms with van der Waals surface area (Å²) in [5.74, 6) is -0.164. The molecule has 1 N–H and O–H groups in total. The maximum Gasteiger partial charge on any atom is 0.270 e. The predicted molar refractivity (Wildman–Crippen MR) is 109 cm³/mol. The molecule has 0 aliphatic carbocycles. The second kappa shape index (κ2) is 8.86. The van der Waals surface area contributed by atoms with E-state index in [-0.39, 0.29) is 5.91 Å². The van der Waals surface area contributed by atoms with Gasteiger partial charge in [-0.1, -0.05) is 12.1 Å². The highest BCUT2D eigenvalue weighted by atomic mass is 16.5. The lowest BCUT2D eigenvalue weighted by Gasteiger charge is -2.38. The standard InChI is InChI=1S/C21H28N4O2/c1-16-5-4-6-20(17(16)2)25-12-10-24(11-13-25)18-7-8-22-19(15-18)21(26)23-9-14-27-3/h4-8,15H,9-14H2,1-3H3,(H,23,26). The maximum absolute atomic E-state index is 12.2. The molecule has 1 fully saturated rings. The van der Waals surface area contributed by atoms with Gasteiger partial charge in [-0.2, -0.15) is 0 Å². The molecule has 2 aromatic rings. The van der Waals surface area contributed by atoms with Gasteiger partial charge in [0.15, 0.2) is 0 Å². The molecule has 0 atom stereocenters. The zero-order chi connectivity index (χ0) is 19.2. The molecule has 1 amide bonds. The second-order valence-corrected chi connectivity index (χ2v) is 6.84. The molecule has 144 valence electrons. The van der Waals surface area contributed by atoms with Crippen molar-refractivity contribution in [2.75, 3.05) is 56.2 Å². The van der Waals surface area contributed by atoms with Crippen molar-refractivity contribution < 1.29 is 9.53 Å². The number of benzene rings is 1. The summed E-state index contributed by atoms with van der Waals surface area (Å²) >= 11 is 0. The summed E-state index contributed by atoms with van der Waals surface area (Å²) in [6.45, 7) is 9.08. The molecule has 1 aromatic heterocycles. The van der Waals surface area contributed by atoms with E-state index in [1.54, 1.807) is 13.3 Å². The van der Waals surface area contributed by atoms with Gasteiger partial charge in [-0.15, -0.1) is 0 Å². The minimum atomic E-state index is -0.164. The first-order valence-corrected chi connectivity index (χ1v) is 9.39. The van der Waals surface area contributed by atoms with Gasteiger partial charge in [-0.25, -0.2) is 0 Å². The van der Waals surface area contributed by atoms with Crippen LogP contribution in [0.4, 0.5) is 11.4 Å². The van der Waals surface area contributed by atoms with Crippen LogP contribution >= 0.6 is 0 Å². The number of hydrogen-bond acceptors (Lipinski definition) is 5. The Hall–Kier alpha value is -2.60. The molecule has 0 saturated carbocycles. The number of aromatic nitrogens is 1. The molecule has 27 heavy (non-hydrogen) atoms. The Morgan fingerprint density at radius 2 is 1.89 bits per heavy atom. The Morgan fingerprint density at radius 3 is 2.63 bits per heavy atom. The lowest BCUT2D eigenvalue weighted by Crippen LogP contribution is -2.46. The van der Waals surface area contributed by atoms with Gasteiger partial charge in [-0.05, 0) is 43.2 Å². The minimum absolute atomic E-state index is 0.164. The summed E-state index contributed by atoms with van der Waals surface area (Å²) in [7, 11) is 1.61. The quantitative estimate of drug-likeness (QED) is 0.794. The fourth-order valence-corrected chi connectivity index (χ4v) is 3.38. The zero-order valence-electron chi connectivity index (χ0n) is 16.4. The third kappa shape index (κ3) is 4.57. The van der Waals surface area contributed by atoms with Gasteiger partial charge in [0.25, 0.3) is 5.91 Å². The number of nitrogens with one attached hydrogen (secondary N) is 1. The summed E-state index contributed by atoms with van der Waals surface area (Å²) in [6, 6.07) is 10.3. The van der Waals surface area contributed by atoms with Crippen LogP contribution < -0.4 is 15.1 Å². The van der Waals surface area contributed by atoms with Crippen LogP contribution in [0.25, 0.3) is 0 Å². The van der Waals surface area contributed by atoms with Gasteiger partial charge in [0.2, 0.25) is 0 Å². The highest BCUT2D eigenvalue weighted by Crippen LogP contribution is 2.25. The molecule has 0 spiro atoms. The number of carbonyl (C=O) groups is 1. The summed E-state index contributed by atoms with van der Waals surface area (Å²) in [5, 5.41) is 2.82. The average molecular weight is 368 g/mol. The highest BCUT2D eigenvalue weighted by Gasteiger charge is 2.20. The fraction of sp³-hybridized carbons (Fsp3) is 0.429. The van der Waals surface area contributed by atoms with Crippen LogP contribution in [0.15, 0.2) is 36.5 Å². The van der Waals surface area contributed by atoms with Gasteiger partial charge < -0.3 is 19.9 Å². The highest BCUT2D eigenvalue weighted by molar-refractivity contribution is 5.93. The topological polar surface area (TPSA) is 57.7 Å². The van der Waals surface area contributed by atoms with Crippen LogP contribution in [-0.2, 0) is 4.74 Å². The molecule has 0 unspecified atom stereocenters. The number of amides is 1. The lowest BCUT2D eigenvalue weighted by molar-refractivity contribution is 0.0932.